The fourth-order valence-electron chi connectivity index (χ4n) is 2.20. The molecule has 0 spiro atoms. The van der Waals surface area contributed by atoms with E-state index in [2.05, 4.69) is 39.9 Å². The number of aryl methyl sites for hydroxylation is 3. The summed E-state index contributed by atoms with van der Waals surface area (Å²) in [5, 5.41) is 0. The number of anilines is 1. The van der Waals surface area contributed by atoms with Crippen LogP contribution >= 0.6 is 0 Å². The molecule has 0 radical (unpaired) electrons. The Morgan fingerprint density at radius 1 is 1.10 bits per heavy atom. The molecule has 2 aromatic heterocycles. The maximum Gasteiger partial charge on any atom is 0.132 e. The molecule has 0 aliphatic carbocycles. The van der Waals surface area contributed by atoms with Crippen LogP contribution in [-0.2, 0) is 13.0 Å². The van der Waals surface area contributed by atoms with Gasteiger partial charge in [0.25, 0.3) is 0 Å². The zero-order valence-electron chi connectivity index (χ0n) is 12.7. The van der Waals surface area contributed by atoms with Crippen LogP contribution in [0.1, 0.15) is 36.1 Å². The fourth-order valence-corrected chi connectivity index (χ4v) is 2.20. The third kappa shape index (κ3) is 3.76. The third-order valence-corrected chi connectivity index (χ3v) is 3.13. The van der Waals surface area contributed by atoms with Gasteiger partial charge in [-0.2, -0.15) is 0 Å². The molecule has 106 valence electrons. The molecule has 0 amide bonds. The van der Waals surface area contributed by atoms with E-state index in [0.29, 0.717) is 0 Å². The maximum absolute atomic E-state index is 4.64. The first-order valence-electron chi connectivity index (χ1n) is 7.05. The zero-order chi connectivity index (χ0) is 14.5. The molecule has 0 saturated carbocycles. The van der Waals surface area contributed by atoms with Crippen molar-refractivity contribution in [2.24, 2.45) is 0 Å². The molecule has 0 atom stereocenters. The Morgan fingerprint density at radius 3 is 2.60 bits per heavy atom. The van der Waals surface area contributed by atoms with Gasteiger partial charge in [0, 0.05) is 43.7 Å². The first-order valence-corrected chi connectivity index (χ1v) is 7.05. The van der Waals surface area contributed by atoms with E-state index in [4.69, 9.17) is 0 Å². The Kier molecular flexibility index (Phi) is 4.66. The van der Waals surface area contributed by atoms with E-state index in [1.807, 2.05) is 32.2 Å². The highest BCUT2D eigenvalue weighted by Gasteiger charge is 2.07. The predicted octanol–water partition coefficient (Wildman–Crippen LogP) is 3.08. The minimum atomic E-state index is 0.825. The summed E-state index contributed by atoms with van der Waals surface area (Å²) in [6.45, 7) is 7.01. The summed E-state index contributed by atoms with van der Waals surface area (Å²) in [6, 6.07) is 6.19. The average molecular weight is 270 g/mol. The van der Waals surface area contributed by atoms with E-state index in [1.54, 1.807) is 0 Å². The van der Waals surface area contributed by atoms with Crippen molar-refractivity contribution in [3.8, 4) is 0 Å². The number of aromatic nitrogens is 3. The second-order valence-corrected chi connectivity index (χ2v) is 5.20. The van der Waals surface area contributed by atoms with E-state index in [0.717, 1.165) is 42.4 Å². The van der Waals surface area contributed by atoms with E-state index in [-0.39, 0.29) is 0 Å². The zero-order valence-corrected chi connectivity index (χ0v) is 12.7. The van der Waals surface area contributed by atoms with Crippen LogP contribution < -0.4 is 4.90 Å². The number of pyridine rings is 1. The second-order valence-electron chi connectivity index (χ2n) is 5.20. The van der Waals surface area contributed by atoms with Crippen LogP contribution in [0.5, 0.6) is 0 Å². The van der Waals surface area contributed by atoms with Crippen molar-refractivity contribution in [3.63, 3.8) is 0 Å². The van der Waals surface area contributed by atoms with Gasteiger partial charge in [-0.1, -0.05) is 6.92 Å². The molecule has 0 unspecified atom stereocenters. The Morgan fingerprint density at radius 2 is 1.90 bits per heavy atom. The molecular formula is C16H22N4. The molecule has 0 bridgehead atoms. The van der Waals surface area contributed by atoms with Crippen LogP contribution in [0.4, 0.5) is 5.82 Å². The van der Waals surface area contributed by atoms with Gasteiger partial charge in [0.1, 0.15) is 11.6 Å². The van der Waals surface area contributed by atoms with Crippen molar-refractivity contribution in [1.29, 1.82) is 0 Å². The summed E-state index contributed by atoms with van der Waals surface area (Å²) in [6.07, 6.45) is 3.85. The smallest absolute Gasteiger partial charge is 0.132 e. The monoisotopic (exact) mass is 270 g/mol. The molecule has 0 fully saturated rings. The molecule has 0 saturated heterocycles. The highest BCUT2D eigenvalue weighted by atomic mass is 15.2. The molecule has 4 nitrogen and oxygen atoms in total. The molecule has 2 rings (SSSR count). The van der Waals surface area contributed by atoms with Gasteiger partial charge in [0.2, 0.25) is 0 Å². The van der Waals surface area contributed by atoms with Crippen LogP contribution in [-0.4, -0.2) is 22.0 Å². The lowest BCUT2D eigenvalue weighted by Gasteiger charge is -2.19. The largest absolute Gasteiger partial charge is 0.355 e. The lowest BCUT2D eigenvalue weighted by molar-refractivity contribution is 0.802. The van der Waals surface area contributed by atoms with Crippen molar-refractivity contribution in [2.75, 3.05) is 11.9 Å². The molecule has 2 heterocycles. The molecule has 20 heavy (non-hydrogen) atoms. The summed E-state index contributed by atoms with van der Waals surface area (Å²) >= 11 is 0. The summed E-state index contributed by atoms with van der Waals surface area (Å²) in [5.74, 6) is 1.91. The van der Waals surface area contributed by atoms with Crippen molar-refractivity contribution < 1.29 is 0 Å². The van der Waals surface area contributed by atoms with Gasteiger partial charge in [-0.15, -0.1) is 0 Å². The molecule has 4 heteroatoms. The van der Waals surface area contributed by atoms with Crippen LogP contribution in [0.25, 0.3) is 0 Å². The molecular weight excluding hydrogens is 248 g/mol. The number of hydrogen-bond acceptors (Lipinski definition) is 4. The van der Waals surface area contributed by atoms with Crippen molar-refractivity contribution in [1.82, 2.24) is 15.0 Å². The van der Waals surface area contributed by atoms with Crippen molar-refractivity contribution in [2.45, 2.75) is 40.2 Å². The topological polar surface area (TPSA) is 41.9 Å². The maximum atomic E-state index is 4.64. The SMILES string of the molecule is CCCc1nc(C)cc(N(C)Cc2ccnc(C)c2)n1. The fraction of sp³-hybridized carbons (Fsp3) is 0.438. The predicted molar refractivity (Wildman–Crippen MR) is 81.8 cm³/mol. The second kappa shape index (κ2) is 6.46. The summed E-state index contributed by atoms with van der Waals surface area (Å²) < 4.78 is 0. The van der Waals surface area contributed by atoms with Crippen LogP contribution in [0.15, 0.2) is 24.4 Å². The van der Waals surface area contributed by atoms with E-state index in [1.165, 1.54) is 5.56 Å². The Labute approximate surface area is 120 Å². The minimum Gasteiger partial charge on any atom is -0.355 e. The lowest BCUT2D eigenvalue weighted by Crippen LogP contribution is -2.19. The Hall–Kier alpha value is -1.97. The van der Waals surface area contributed by atoms with Gasteiger partial charge in [0.05, 0.1) is 0 Å². The van der Waals surface area contributed by atoms with Crippen molar-refractivity contribution in [3.05, 3.63) is 47.2 Å². The van der Waals surface area contributed by atoms with Crippen molar-refractivity contribution >= 4 is 5.82 Å². The molecule has 2 aromatic rings. The van der Waals surface area contributed by atoms with Crippen LogP contribution in [0, 0.1) is 13.8 Å². The highest BCUT2D eigenvalue weighted by molar-refractivity contribution is 5.40. The van der Waals surface area contributed by atoms with Gasteiger partial charge < -0.3 is 4.90 Å². The number of nitrogens with zero attached hydrogens (tertiary/aromatic N) is 4. The first kappa shape index (κ1) is 14.4. The van der Waals surface area contributed by atoms with E-state index in [9.17, 15) is 0 Å². The van der Waals surface area contributed by atoms with E-state index < -0.39 is 0 Å². The standard InChI is InChI=1S/C16H22N4/c1-5-6-15-18-13(3)10-16(19-15)20(4)11-14-7-8-17-12(2)9-14/h7-10H,5-6,11H2,1-4H3. The normalized spacial score (nSPS) is 10.6. The highest BCUT2D eigenvalue weighted by Crippen LogP contribution is 2.15. The van der Waals surface area contributed by atoms with Gasteiger partial charge in [-0.05, 0) is 38.0 Å². The lowest BCUT2D eigenvalue weighted by atomic mass is 10.2. The van der Waals surface area contributed by atoms with Gasteiger partial charge in [-0.25, -0.2) is 9.97 Å². The summed E-state index contributed by atoms with van der Waals surface area (Å²) in [4.78, 5) is 15.5. The van der Waals surface area contributed by atoms with E-state index >= 15 is 0 Å². The van der Waals surface area contributed by atoms with Crippen LogP contribution in [0.3, 0.4) is 0 Å². The Bertz CT molecular complexity index is 580. The van der Waals surface area contributed by atoms with Gasteiger partial charge in [-0.3, -0.25) is 4.98 Å². The quantitative estimate of drug-likeness (QED) is 0.837. The number of rotatable bonds is 5. The average Bonchev–Trinajstić information content (AvgIpc) is 2.38. The molecule has 0 N–H and O–H groups in total. The Balaban J connectivity index is 2.18. The molecule has 0 aliphatic rings. The minimum absolute atomic E-state index is 0.825. The molecule has 0 aromatic carbocycles. The summed E-state index contributed by atoms with van der Waals surface area (Å²) in [5.41, 5.74) is 3.31. The van der Waals surface area contributed by atoms with Gasteiger partial charge >= 0.3 is 0 Å². The number of hydrogen-bond donors (Lipinski definition) is 0. The van der Waals surface area contributed by atoms with Crippen LogP contribution in [0.2, 0.25) is 0 Å². The molecule has 0 aliphatic heterocycles. The summed E-state index contributed by atoms with van der Waals surface area (Å²) in [7, 11) is 2.06. The third-order valence-electron chi connectivity index (χ3n) is 3.13. The first-order chi connectivity index (χ1) is 9.58. The van der Waals surface area contributed by atoms with Gasteiger partial charge in [0.15, 0.2) is 0 Å².